The van der Waals surface area contributed by atoms with Crippen LogP contribution >= 0.6 is 11.3 Å². The van der Waals surface area contributed by atoms with E-state index in [0.717, 1.165) is 18.1 Å². The summed E-state index contributed by atoms with van der Waals surface area (Å²) in [6.07, 6.45) is 4.99. The van der Waals surface area contributed by atoms with E-state index in [1.165, 1.54) is 36.3 Å². The first-order valence-electron chi connectivity index (χ1n) is 6.53. The molecule has 2 rings (SSSR count). The molecule has 0 saturated carbocycles. The van der Waals surface area contributed by atoms with Gasteiger partial charge in [-0.15, -0.1) is 11.3 Å². The van der Waals surface area contributed by atoms with Gasteiger partial charge in [0.15, 0.2) is 0 Å². The van der Waals surface area contributed by atoms with Crippen molar-refractivity contribution in [1.29, 1.82) is 0 Å². The summed E-state index contributed by atoms with van der Waals surface area (Å²) in [6.45, 7) is 5.06. The quantitative estimate of drug-likeness (QED) is 0.793. The van der Waals surface area contributed by atoms with E-state index in [4.69, 9.17) is 9.72 Å². The van der Waals surface area contributed by atoms with E-state index >= 15 is 0 Å². The van der Waals surface area contributed by atoms with Crippen molar-refractivity contribution >= 4 is 11.3 Å². The summed E-state index contributed by atoms with van der Waals surface area (Å²) >= 11 is 1.84. The van der Waals surface area contributed by atoms with Crippen LogP contribution in [0, 0.1) is 0 Å². The van der Waals surface area contributed by atoms with Gasteiger partial charge in [-0.05, 0) is 32.2 Å². The van der Waals surface area contributed by atoms with Crippen molar-refractivity contribution in [3.05, 3.63) is 15.6 Å². The van der Waals surface area contributed by atoms with Crippen molar-refractivity contribution < 1.29 is 4.74 Å². The molecule has 1 aromatic rings. The van der Waals surface area contributed by atoms with Gasteiger partial charge < -0.3 is 10.1 Å². The first-order chi connectivity index (χ1) is 8.35. The number of aromatic nitrogens is 1. The summed E-state index contributed by atoms with van der Waals surface area (Å²) < 4.78 is 5.17. The van der Waals surface area contributed by atoms with Gasteiger partial charge in [0.05, 0.1) is 12.3 Å². The third-order valence-electron chi connectivity index (χ3n) is 3.20. The maximum Gasteiger partial charge on any atom is 0.119 e. The van der Waals surface area contributed by atoms with Crippen molar-refractivity contribution in [3.63, 3.8) is 0 Å². The van der Waals surface area contributed by atoms with Gasteiger partial charge in [-0.25, -0.2) is 4.98 Å². The lowest BCUT2D eigenvalue weighted by Crippen LogP contribution is -2.24. The fourth-order valence-electron chi connectivity index (χ4n) is 2.39. The summed E-state index contributed by atoms with van der Waals surface area (Å²) in [7, 11) is 1.74. The lowest BCUT2D eigenvalue weighted by Gasteiger charge is -2.21. The molecule has 0 saturated heterocycles. The van der Waals surface area contributed by atoms with Gasteiger partial charge in [-0.3, -0.25) is 0 Å². The summed E-state index contributed by atoms with van der Waals surface area (Å²) in [5.74, 6) is 0.618. The highest BCUT2D eigenvalue weighted by Crippen LogP contribution is 2.34. The van der Waals surface area contributed by atoms with E-state index in [0.29, 0.717) is 12.5 Å². The lowest BCUT2D eigenvalue weighted by atomic mass is 9.91. The maximum atomic E-state index is 5.17. The van der Waals surface area contributed by atoms with Crippen LogP contribution in [0.2, 0.25) is 0 Å². The third kappa shape index (κ3) is 3.27. The number of ether oxygens (including phenoxy) is 1. The Balaban J connectivity index is 2.02. The largest absolute Gasteiger partial charge is 0.378 e. The molecule has 0 radical (unpaired) electrons. The molecule has 1 aliphatic rings. The van der Waals surface area contributed by atoms with Crippen LogP contribution in [0.25, 0.3) is 0 Å². The van der Waals surface area contributed by atoms with Crippen LogP contribution in [0.1, 0.15) is 47.7 Å². The molecule has 96 valence electrons. The molecule has 0 spiro atoms. The zero-order valence-corrected chi connectivity index (χ0v) is 11.6. The monoisotopic (exact) mass is 254 g/mol. The Kier molecular flexibility index (Phi) is 4.95. The Labute approximate surface area is 108 Å². The van der Waals surface area contributed by atoms with Crippen LogP contribution in [0.4, 0.5) is 0 Å². The van der Waals surface area contributed by atoms with Gasteiger partial charge in [-0.2, -0.15) is 0 Å². The van der Waals surface area contributed by atoms with E-state index < -0.39 is 0 Å². The molecule has 1 aliphatic carbocycles. The second-order valence-electron chi connectivity index (χ2n) is 4.64. The Hall–Kier alpha value is -0.450. The summed E-state index contributed by atoms with van der Waals surface area (Å²) in [5.41, 5.74) is 1.34. The van der Waals surface area contributed by atoms with Crippen molar-refractivity contribution in [2.45, 2.75) is 45.1 Å². The Morgan fingerprint density at radius 2 is 2.41 bits per heavy atom. The number of aryl methyl sites for hydroxylation is 1. The zero-order valence-electron chi connectivity index (χ0n) is 10.8. The fourth-order valence-corrected chi connectivity index (χ4v) is 3.56. The van der Waals surface area contributed by atoms with Crippen LogP contribution in [0.3, 0.4) is 0 Å². The lowest BCUT2D eigenvalue weighted by molar-refractivity contribution is 0.184. The maximum absolute atomic E-state index is 5.17. The van der Waals surface area contributed by atoms with Crippen molar-refractivity contribution in [3.8, 4) is 0 Å². The molecule has 0 aromatic carbocycles. The molecule has 1 aromatic heterocycles. The number of nitrogens with one attached hydrogen (secondary N) is 1. The minimum Gasteiger partial charge on any atom is -0.378 e. The predicted molar refractivity (Wildman–Crippen MR) is 71.7 cm³/mol. The van der Waals surface area contributed by atoms with Crippen LogP contribution in [0.5, 0.6) is 0 Å². The van der Waals surface area contributed by atoms with Crippen LogP contribution in [-0.2, 0) is 17.8 Å². The minimum absolute atomic E-state index is 0.618. The van der Waals surface area contributed by atoms with Crippen molar-refractivity contribution in [1.82, 2.24) is 10.3 Å². The highest BCUT2D eigenvalue weighted by atomic mass is 32.1. The second-order valence-corrected chi connectivity index (χ2v) is 5.81. The normalized spacial score (nSPS) is 19.3. The Morgan fingerprint density at radius 1 is 1.53 bits per heavy atom. The molecular weight excluding hydrogens is 232 g/mol. The molecule has 0 bridgehead atoms. The van der Waals surface area contributed by atoms with Gasteiger partial charge in [0.25, 0.3) is 0 Å². The molecule has 17 heavy (non-hydrogen) atoms. The van der Waals surface area contributed by atoms with E-state index in [-0.39, 0.29) is 0 Å². The third-order valence-corrected chi connectivity index (χ3v) is 4.30. The highest BCUT2D eigenvalue weighted by molar-refractivity contribution is 7.11. The molecule has 1 atom stereocenters. The van der Waals surface area contributed by atoms with Crippen molar-refractivity contribution in [2.24, 2.45) is 0 Å². The molecule has 3 nitrogen and oxygen atoms in total. The summed E-state index contributed by atoms with van der Waals surface area (Å²) in [5, 5.41) is 4.66. The number of hydrogen-bond acceptors (Lipinski definition) is 4. The Bertz CT molecular complexity index is 351. The molecule has 1 N–H and O–H groups in total. The predicted octanol–water partition coefficient (Wildman–Crippen LogP) is 2.71. The smallest absolute Gasteiger partial charge is 0.119 e. The molecule has 0 aliphatic heterocycles. The topological polar surface area (TPSA) is 34.1 Å². The number of rotatable bonds is 6. The first-order valence-corrected chi connectivity index (χ1v) is 7.35. The van der Waals surface area contributed by atoms with E-state index in [9.17, 15) is 0 Å². The van der Waals surface area contributed by atoms with E-state index in [2.05, 4.69) is 12.2 Å². The molecule has 4 heteroatoms. The standard InChI is InChI=1S/C13H22N2OS/c1-3-7-14-8-10-5-4-6-11-13(10)15-12(17-11)9-16-2/h10,14H,3-9H2,1-2H3. The molecule has 1 heterocycles. The average molecular weight is 254 g/mol. The Morgan fingerprint density at radius 3 is 3.18 bits per heavy atom. The SMILES string of the molecule is CCCNCC1CCCc2sc(COC)nc21. The van der Waals surface area contributed by atoms with E-state index in [1.807, 2.05) is 11.3 Å². The average Bonchev–Trinajstić information content (AvgIpc) is 2.73. The van der Waals surface area contributed by atoms with E-state index in [1.54, 1.807) is 7.11 Å². The molecule has 0 fully saturated rings. The highest BCUT2D eigenvalue weighted by Gasteiger charge is 2.24. The summed E-state index contributed by atoms with van der Waals surface area (Å²) in [6, 6.07) is 0. The molecule has 0 amide bonds. The summed E-state index contributed by atoms with van der Waals surface area (Å²) in [4.78, 5) is 6.25. The number of thiazole rings is 1. The first kappa shape index (κ1) is 13.0. The van der Waals surface area contributed by atoms with Gasteiger partial charge in [0.1, 0.15) is 5.01 Å². The zero-order chi connectivity index (χ0) is 12.1. The number of fused-ring (bicyclic) bond motifs is 1. The number of nitrogens with zero attached hydrogens (tertiary/aromatic N) is 1. The fraction of sp³-hybridized carbons (Fsp3) is 0.769. The van der Waals surface area contributed by atoms with Crippen LogP contribution < -0.4 is 5.32 Å². The number of hydrogen-bond donors (Lipinski definition) is 1. The minimum atomic E-state index is 0.618. The van der Waals surface area contributed by atoms with Gasteiger partial charge in [-0.1, -0.05) is 6.92 Å². The number of methoxy groups -OCH3 is 1. The van der Waals surface area contributed by atoms with Crippen LogP contribution in [-0.4, -0.2) is 25.2 Å². The van der Waals surface area contributed by atoms with Crippen molar-refractivity contribution in [2.75, 3.05) is 20.2 Å². The van der Waals surface area contributed by atoms with Gasteiger partial charge >= 0.3 is 0 Å². The van der Waals surface area contributed by atoms with Gasteiger partial charge in [0, 0.05) is 24.4 Å². The molecular formula is C13H22N2OS. The second kappa shape index (κ2) is 6.47. The van der Waals surface area contributed by atoms with Crippen LogP contribution in [0.15, 0.2) is 0 Å². The molecule has 1 unspecified atom stereocenters. The van der Waals surface area contributed by atoms with Gasteiger partial charge in [0.2, 0.25) is 0 Å².